The number of nitrogens with one attached hydrogen (secondary N) is 2. The van der Waals surface area contributed by atoms with Crippen LogP contribution in [0.4, 0.5) is 0 Å². The number of amides is 1. The Balaban J connectivity index is 1.46. The summed E-state index contributed by atoms with van der Waals surface area (Å²) in [5.74, 6) is 1.29. The van der Waals surface area contributed by atoms with Gasteiger partial charge in [0.15, 0.2) is 6.10 Å². The number of aromatic amines is 1. The Kier molecular flexibility index (Phi) is 3.65. The molecular weight excluding hydrogens is 326 g/mol. The minimum atomic E-state index is -0.537. The van der Waals surface area contributed by atoms with E-state index in [0.717, 1.165) is 28.2 Å². The molecule has 5 nitrogen and oxygen atoms in total. The molecule has 0 bridgehead atoms. The van der Waals surface area contributed by atoms with Crippen LogP contribution in [-0.2, 0) is 11.2 Å². The highest BCUT2D eigenvalue weighted by Gasteiger charge is 2.30. The van der Waals surface area contributed by atoms with Gasteiger partial charge in [-0.3, -0.25) is 4.79 Å². The highest BCUT2D eigenvalue weighted by molar-refractivity contribution is 6.30. The molecule has 24 heavy (non-hydrogen) atoms. The summed E-state index contributed by atoms with van der Waals surface area (Å²) in [6.45, 7) is 1.90. The Hall–Kier alpha value is -2.53. The predicted octanol–water partition coefficient (Wildman–Crippen LogP) is 3.40. The van der Waals surface area contributed by atoms with E-state index in [-0.39, 0.29) is 11.9 Å². The van der Waals surface area contributed by atoms with Gasteiger partial charge in [0.1, 0.15) is 11.6 Å². The van der Waals surface area contributed by atoms with E-state index in [4.69, 9.17) is 16.3 Å². The standard InChI is InChI=1S/C18H16ClN3O2/c1-10(17-21-13-4-2-3-5-14(13)22-17)20-18(23)16-9-11-8-12(19)6-7-15(11)24-16/h2-8,10,16H,9H2,1H3,(H,20,23)(H,21,22)/t10-,16-/m0/s1. The summed E-state index contributed by atoms with van der Waals surface area (Å²) in [6, 6.07) is 12.9. The lowest BCUT2D eigenvalue weighted by Crippen LogP contribution is -2.39. The first kappa shape index (κ1) is 15.0. The number of rotatable bonds is 3. The lowest BCUT2D eigenvalue weighted by Gasteiger charge is -2.15. The van der Waals surface area contributed by atoms with Crippen molar-refractivity contribution < 1.29 is 9.53 Å². The number of H-pyrrole nitrogens is 1. The largest absolute Gasteiger partial charge is 0.480 e. The third-order valence-electron chi connectivity index (χ3n) is 4.17. The summed E-state index contributed by atoms with van der Waals surface area (Å²) in [6.07, 6.45) is -0.0144. The zero-order valence-corrected chi connectivity index (χ0v) is 13.8. The van der Waals surface area contributed by atoms with Crippen LogP contribution in [0.25, 0.3) is 11.0 Å². The molecule has 0 unspecified atom stereocenters. The first-order chi connectivity index (χ1) is 11.6. The summed E-state index contributed by atoms with van der Waals surface area (Å²) >= 11 is 5.99. The van der Waals surface area contributed by atoms with Crippen molar-refractivity contribution in [3.05, 3.63) is 58.9 Å². The number of imidazole rings is 1. The number of para-hydroxylation sites is 2. The van der Waals surface area contributed by atoms with Crippen LogP contribution < -0.4 is 10.1 Å². The highest BCUT2D eigenvalue weighted by Crippen LogP contribution is 2.31. The molecular formula is C18H16ClN3O2. The number of benzene rings is 2. The van der Waals surface area contributed by atoms with E-state index >= 15 is 0 Å². The minimum absolute atomic E-state index is 0.157. The molecule has 2 heterocycles. The summed E-state index contributed by atoms with van der Waals surface area (Å²) in [5.41, 5.74) is 2.79. The Labute approximate surface area is 144 Å². The van der Waals surface area contributed by atoms with Crippen LogP contribution in [-0.4, -0.2) is 22.0 Å². The fourth-order valence-corrected chi connectivity index (χ4v) is 3.11. The Morgan fingerprint density at radius 1 is 1.38 bits per heavy atom. The first-order valence-corrected chi connectivity index (χ1v) is 8.18. The molecule has 3 aromatic rings. The predicted molar refractivity (Wildman–Crippen MR) is 92.2 cm³/mol. The van der Waals surface area contributed by atoms with Gasteiger partial charge in [0.2, 0.25) is 0 Å². The van der Waals surface area contributed by atoms with E-state index in [1.165, 1.54) is 0 Å². The second kappa shape index (κ2) is 5.83. The van der Waals surface area contributed by atoms with E-state index in [1.807, 2.05) is 37.3 Å². The number of halogens is 1. The van der Waals surface area contributed by atoms with Crippen molar-refractivity contribution in [2.45, 2.75) is 25.5 Å². The molecule has 0 saturated carbocycles. The second-order valence-electron chi connectivity index (χ2n) is 5.93. The van der Waals surface area contributed by atoms with E-state index in [0.29, 0.717) is 11.4 Å². The van der Waals surface area contributed by atoms with Gasteiger partial charge in [0.05, 0.1) is 17.1 Å². The number of hydrogen-bond donors (Lipinski definition) is 2. The Morgan fingerprint density at radius 3 is 3.04 bits per heavy atom. The quantitative estimate of drug-likeness (QED) is 0.767. The molecule has 2 N–H and O–H groups in total. The van der Waals surface area contributed by atoms with Crippen molar-refractivity contribution >= 4 is 28.5 Å². The molecule has 0 fully saturated rings. The van der Waals surface area contributed by atoms with Crippen LogP contribution in [0.15, 0.2) is 42.5 Å². The van der Waals surface area contributed by atoms with Crippen LogP contribution in [0, 0.1) is 0 Å². The van der Waals surface area contributed by atoms with Gasteiger partial charge < -0.3 is 15.0 Å². The fraction of sp³-hybridized carbons (Fsp3) is 0.222. The van der Waals surface area contributed by atoms with Gasteiger partial charge in [-0.2, -0.15) is 0 Å². The van der Waals surface area contributed by atoms with Crippen LogP contribution >= 0.6 is 11.6 Å². The lowest BCUT2D eigenvalue weighted by atomic mass is 10.1. The van der Waals surface area contributed by atoms with Gasteiger partial charge in [0.25, 0.3) is 5.91 Å². The van der Waals surface area contributed by atoms with E-state index < -0.39 is 6.10 Å². The maximum atomic E-state index is 12.5. The topological polar surface area (TPSA) is 67.0 Å². The SMILES string of the molecule is C[C@H](NC(=O)[C@@H]1Cc2cc(Cl)ccc2O1)c1nc2ccccc2[nH]1. The number of nitrogens with zero attached hydrogens (tertiary/aromatic N) is 1. The normalized spacial score (nSPS) is 17.3. The number of carbonyl (C=O) groups is 1. The molecule has 4 rings (SSSR count). The van der Waals surface area contributed by atoms with Crippen molar-refractivity contribution in [1.82, 2.24) is 15.3 Å². The molecule has 2 aromatic carbocycles. The monoisotopic (exact) mass is 341 g/mol. The fourth-order valence-electron chi connectivity index (χ4n) is 2.92. The summed E-state index contributed by atoms with van der Waals surface area (Å²) in [7, 11) is 0. The summed E-state index contributed by atoms with van der Waals surface area (Å²) < 4.78 is 5.72. The minimum Gasteiger partial charge on any atom is -0.480 e. The van der Waals surface area contributed by atoms with E-state index in [9.17, 15) is 4.79 Å². The van der Waals surface area contributed by atoms with Crippen molar-refractivity contribution in [1.29, 1.82) is 0 Å². The zero-order valence-electron chi connectivity index (χ0n) is 13.0. The molecule has 0 saturated heterocycles. The van der Waals surface area contributed by atoms with Gasteiger partial charge in [-0.1, -0.05) is 23.7 Å². The van der Waals surface area contributed by atoms with E-state index in [1.54, 1.807) is 12.1 Å². The molecule has 2 atom stereocenters. The van der Waals surface area contributed by atoms with Gasteiger partial charge >= 0.3 is 0 Å². The second-order valence-corrected chi connectivity index (χ2v) is 6.37. The highest BCUT2D eigenvalue weighted by atomic mass is 35.5. The van der Waals surface area contributed by atoms with E-state index in [2.05, 4.69) is 15.3 Å². The van der Waals surface area contributed by atoms with Crippen molar-refractivity contribution in [3.63, 3.8) is 0 Å². The van der Waals surface area contributed by atoms with Gasteiger partial charge in [-0.25, -0.2) is 4.98 Å². The molecule has 1 aliphatic rings. The van der Waals surface area contributed by atoms with Crippen LogP contribution in [0.2, 0.25) is 5.02 Å². The van der Waals surface area contributed by atoms with Crippen molar-refractivity contribution in [3.8, 4) is 5.75 Å². The first-order valence-electron chi connectivity index (χ1n) is 7.80. The maximum Gasteiger partial charge on any atom is 0.262 e. The smallest absolute Gasteiger partial charge is 0.262 e. The van der Waals surface area contributed by atoms with Crippen LogP contribution in [0.3, 0.4) is 0 Å². The zero-order chi connectivity index (χ0) is 16.7. The van der Waals surface area contributed by atoms with Crippen LogP contribution in [0.5, 0.6) is 5.75 Å². The summed E-state index contributed by atoms with van der Waals surface area (Å²) in [4.78, 5) is 20.2. The Morgan fingerprint density at radius 2 is 2.21 bits per heavy atom. The number of hydrogen-bond acceptors (Lipinski definition) is 3. The molecule has 0 radical (unpaired) electrons. The average Bonchev–Trinajstić information content (AvgIpc) is 3.18. The number of ether oxygens (including phenoxy) is 1. The molecule has 1 aromatic heterocycles. The van der Waals surface area contributed by atoms with Crippen molar-refractivity contribution in [2.24, 2.45) is 0 Å². The van der Waals surface area contributed by atoms with Gasteiger partial charge in [-0.15, -0.1) is 0 Å². The van der Waals surface area contributed by atoms with Gasteiger partial charge in [0, 0.05) is 11.4 Å². The number of fused-ring (bicyclic) bond motifs is 2. The third kappa shape index (κ3) is 2.71. The van der Waals surface area contributed by atoms with Gasteiger partial charge in [-0.05, 0) is 42.8 Å². The molecule has 122 valence electrons. The Bertz CT molecular complexity index is 889. The van der Waals surface area contributed by atoms with Crippen LogP contribution in [0.1, 0.15) is 24.4 Å². The average molecular weight is 342 g/mol. The number of carbonyl (C=O) groups excluding carboxylic acids is 1. The molecule has 6 heteroatoms. The molecule has 1 aliphatic heterocycles. The lowest BCUT2D eigenvalue weighted by molar-refractivity contribution is -0.127. The van der Waals surface area contributed by atoms with Crippen molar-refractivity contribution in [2.75, 3.05) is 0 Å². The maximum absolute atomic E-state index is 12.5. The summed E-state index contributed by atoms with van der Waals surface area (Å²) in [5, 5.41) is 3.61. The third-order valence-corrected chi connectivity index (χ3v) is 4.40. The molecule has 1 amide bonds. The number of aromatic nitrogens is 2. The molecule has 0 aliphatic carbocycles. The molecule has 0 spiro atoms.